The lowest BCUT2D eigenvalue weighted by atomic mass is 9.99. The van der Waals surface area contributed by atoms with Gasteiger partial charge in [0.2, 0.25) is 0 Å². The second kappa shape index (κ2) is 7.84. The van der Waals surface area contributed by atoms with Crippen LogP contribution in [0.15, 0.2) is 24.3 Å². The largest absolute Gasteiger partial charge is 0.493 e. The van der Waals surface area contributed by atoms with E-state index in [1.54, 1.807) is 7.11 Å². The van der Waals surface area contributed by atoms with Gasteiger partial charge in [-0.15, -0.1) is 0 Å². The third-order valence-electron chi connectivity index (χ3n) is 3.77. The smallest absolute Gasteiger partial charge is 0.304 e. The molecule has 0 spiro atoms. The van der Waals surface area contributed by atoms with Crippen LogP contribution in [0.2, 0.25) is 0 Å². The Morgan fingerprint density at radius 3 is 2.77 bits per heavy atom. The molecule has 1 heterocycles. The zero-order valence-electron chi connectivity index (χ0n) is 13.2. The van der Waals surface area contributed by atoms with Gasteiger partial charge in [0, 0.05) is 19.6 Å². The Kier molecular flexibility index (Phi) is 5.83. The van der Waals surface area contributed by atoms with E-state index in [4.69, 9.17) is 14.6 Å². The fraction of sp³-hybridized carbons (Fsp3) is 0.471. The molecule has 0 aliphatic carbocycles. The third-order valence-corrected chi connectivity index (χ3v) is 3.77. The van der Waals surface area contributed by atoms with Gasteiger partial charge in [-0.2, -0.15) is 0 Å². The molecular formula is C17H23NO4. The summed E-state index contributed by atoms with van der Waals surface area (Å²) in [5, 5.41) is 8.74. The van der Waals surface area contributed by atoms with Crippen LogP contribution in [-0.2, 0) is 4.79 Å². The predicted molar refractivity (Wildman–Crippen MR) is 85.4 cm³/mol. The molecule has 0 unspecified atom stereocenters. The molecule has 120 valence electrons. The lowest BCUT2D eigenvalue weighted by Crippen LogP contribution is -2.30. The molecule has 2 rings (SSSR count). The second-order valence-electron chi connectivity index (χ2n) is 5.22. The highest BCUT2D eigenvalue weighted by atomic mass is 16.5. The highest BCUT2D eigenvalue weighted by molar-refractivity contribution is 5.69. The van der Waals surface area contributed by atoms with Crippen molar-refractivity contribution in [2.24, 2.45) is 0 Å². The van der Waals surface area contributed by atoms with Gasteiger partial charge in [0.15, 0.2) is 11.5 Å². The highest BCUT2D eigenvalue weighted by Crippen LogP contribution is 2.32. The molecule has 22 heavy (non-hydrogen) atoms. The zero-order valence-corrected chi connectivity index (χ0v) is 13.2. The SMILES string of the molecule is CCOc1cc(C2=CCN(CCC(=O)O)CC2)ccc1OC. The van der Waals surface area contributed by atoms with Gasteiger partial charge >= 0.3 is 5.97 Å². The fourth-order valence-electron chi connectivity index (χ4n) is 2.57. The lowest BCUT2D eigenvalue weighted by molar-refractivity contribution is -0.137. The maximum Gasteiger partial charge on any atom is 0.304 e. The third kappa shape index (κ3) is 4.24. The van der Waals surface area contributed by atoms with Crippen LogP contribution >= 0.6 is 0 Å². The van der Waals surface area contributed by atoms with Crippen LogP contribution in [0.1, 0.15) is 25.3 Å². The first kappa shape index (κ1) is 16.4. The maximum absolute atomic E-state index is 10.6. The Morgan fingerprint density at radius 2 is 2.18 bits per heavy atom. The van der Waals surface area contributed by atoms with E-state index in [1.807, 2.05) is 25.1 Å². The summed E-state index contributed by atoms with van der Waals surface area (Å²) >= 11 is 0. The van der Waals surface area contributed by atoms with Crippen molar-refractivity contribution in [1.29, 1.82) is 0 Å². The molecule has 0 atom stereocenters. The van der Waals surface area contributed by atoms with Gasteiger partial charge in [-0.05, 0) is 36.6 Å². The number of ether oxygens (including phenoxy) is 2. The van der Waals surface area contributed by atoms with Gasteiger partial charge < -0.3 is 14.6 Å². The molecule has 0 bridgehead atoms. The Bertz CT molecular complexity index is 554. The number of benzene rings is 1. The molecule has 5 heteroatoms. The van der Waals surface area contributed by atoms with Gasteiger partial charge in [0.1, 0.15) is 0 Å². The van der Waals surface area contributed by atoms with Crippen LogP contribution in [0.25, 0.3) is 5.57 Å². The van der Waals surface area contributed by atoms with E-state index >= 15 is 0 Å². The van der Waals surface area contributed by atoms with Crippen molar-refractivity contribution in [2.75, 3.05) is 33.4 Å². The molecule has 0 amide bonds. The van der Waals surface area contributed by atoms with E-state index in [0.29, 0.717) is 13.2 Å². The molecule has 0 saturated heterocycles. The Labute approximate surface area is 131 Å². The summed E-state index contributed by atoms with van der Waals surface area (Å²) in [5.74, 6) is 0.757. The molecule has 5 nitrogen and oxygen atoms in total. The highest BCUT2D eigenvalue weighted by Gasteiger charge is 2.15. The first-order valence-corrected chi connectivity index (χ1v) is 7.58. The minimum absolute atomic E-state index is 0.195. The topological polar surface area (TPSA) is 59.0 Å². The number of aliphatic carboxylic acids is 1. The number of carbonyl (C=O) groups is 1. The summed E-state index contributed by atoms with van der Waals surface area (Å²) in [5.41, 5.74) is 2.41. The van der Waals surface area contributed by atoms with E-state index in [0.717, 1.165) is 36.6 Å². The summed E-state index contributed by atoms with van der Waals surface area (Å²) in [7, 11) is 1.64. The first-order valence-electron chi connectivity index (χ1n) is 7.58. The Hall–Kier alpha value is -2.01. The standard InChI is InChI=1S/C17H23NO4/c1-3-22-16-12-14(4-5-15(16)21-2)13-6-9-18(10-7-13)11-8-17(19)20/h4-6,12H,3,7-11H2,1-2H3,(H,19,20). The number of carboxylic acid groups (broad SMARTS) is 1. The molecule has 1 N–H and O–H groups in total. The zero-order chi connectivity index (χ0) is 15.9. The van der Waals surface area contributed by atoms with Crippen LogP contribution < -0.4 is 9.47 Å². The van der Waals surface area contributed by atoms with E-state index < -0.39 is 5.97 Å². The number of nitrogens with zero attached hydrogens (tertiary/aromatic N) is 1. The normalized spacial score (nSPS) is 15.3. The van der Waals surface area contributed by atoms with Gasteiger partial charge in [0.05, 0.1) is 20.1 Å². The molecule has 0 aromatic heterocycles. The summed E-state index contributed by atoms with van der Waals surface area (Å²) in [4.78, 5) is 12.8. The summed E-state index contributed by atoms with van der Waals surface area (Å²) in [6, 6.07) is 5.99. The van der Waals surface area contributed by atoms with E-state index in [-0.39, 0.29) is 6.42 Å². The predicted octanol–water partition coefficient (Wildman–Crippen LogP) is 2.66. The first-order chi connectivity index (χ1) is 10.6. The molecule has 0 fully saturated rings. The Balaban J connectivity index is 2.06. The van der Waals surface area contributed by atoms with Crippen molar-refractivity contribution >= 4 is 11.5 Å². The molecule has 1 aliphatic rings. The van der Waals surface area contributed by atoms with Crippen molar-refractivity contribution in [1.82, 2.24) is 4.90 Å². The van der Waals surface area contributed by atoms with Crippen molar-refractivity contribution in [3.63, 3.8) is 0 Å². The number of rotatable bonds is 7. The van der Waals surface area contributed by atoms with E-state index in [1.165, 1.54) is 5.57 Å². The quantitative estimate of drug-likeness (QED) is 0.839. The van der Waals surface area contributed by atoms with Gasteiger partial charge in [0.25, 0.3) is 0 Å². The van der Waals surface area contributed by atoms with Gasteiger partial charge in [-0.1, -0.05) is 12.1 Å². The monoisotopic (exact) mass is 305 g/mol. The maximum atomic E-state index is 10.6. The summed E-state index contributed by atoms with van der Waals surface area (Å²) < 4.78 is 10.9. The lowest BCUT2D eigenvalue weighted by Gasteiger charge is -2.26. The van der Waals surface area contributed by atoms with Crippen LogP contribution in [0.3, 0.4) is 0 Å². The second-order valence-corrected chi connectivity index (χ2v) is 5.22. The summed E-state index contributed by atoms with van der Waals surface area (Å²) in [6.45, 7) is 4.83. The molecule has 1 aromatic carbocycles. The van der Waals surface area contributed by atoms with Crippen molar-refractivity contribution in [2.45, 2.75) is 19.8 Å². The van der Waals surface area contributed by atoms with Crippen molar-refractivity contribution in [3.8, 4) is 11.5 Å². The van der Waals surface area contributed by atoms with Crippen LogP contribution in [-0.4, -0.2) is 49.3 Å². The summed E-state index contributed by atoms with van der Waals surface area (Å²) in [6.07, 6.45) is 3.28. The molecular weight excluding hydrogens is 282 g/mol. The number of methoxy groups -OCH3 is 1. The van der Waals surface area contributed by atoms with Crippen LogP contribution in [0, 0.1) is 0 Å². The molecule has 0 radical (unpaired) electrons. The van der Waals surface area contributed by atoms with E-state index in [9.17, 15) is 4.79 Å². The molecule has 0 saturated carbocycles. The molecule has 1 aromatic rings. The van der Waals surface area contributed by atoms with Gasteiger partial charge in [-0.3, -0.25) is 9.69 Å². The van der Waals surface area contributed by atoms with Crippen molar-refractivity contribution < 1.29 is 19.4 Å². The minimum atomic E-state index is -0.744. The van der Waals surface area contributed by atoms with Gasteiger partial charge in [-0.25, -0.2) is 0 Å². The van der Waals surface area contributed by atoms with Crippen molar-refractivity contribution in [3.05, 3.63) is 29.8 Å². The van der Waals surface area contributed by atoms with Crippen LogP contribution in [0.5, 0.6) is 11.5 Å². The average Bonchev–Trinajstić information content (AvgIpc) is 2.53. The number of carboxylic acids is 1. The number of hydrogen-bond donors (Lipinski definition) is 1. The molecule has 1 aliphatic heterocycles. The average molecular weight is 305 g/mol. The van der Waals surface area contributed by atoms with E-state index in [2.05, 4.69) is 11.0 Å². The van der Waals surface area contributed by atoms with Crippen LogP contribution in [0.4, 0.5) is 0 Å². The fourth-order valence-corrected chi connectivity index (χ4v) is 2.57. The Morgan fingerprint density at radius 1 is 1.36 bits per heavy atom. The number of hydrogen-bond acceptors (Lipinski definition) is 4. The minimum Gasteiger partial charge on any atom is -0.493 e.